The molecule has 3 heterocycles. The van der Waals surface area contributed by atoms with Crippen molar-refractivity contribution in [1.29, 1.82) is 0 Å². The van der Waals surface area contributed by atoms with Crippen LogP contribution >= 0.6 is 11.6 Å². The van der Waals surface area contributed by atoms with Crippen molar-refractivity contribution in [3.63, 3.8) is 0 Å². The van der Waals surface area contributed by atoms with Gasteiger partial charge in [-0.05, 0) is 29.3 Å². The Hall–Kier alpha value is -2.25. The fraction of sp³-hybridized carbons (Fsp3) is 0.263. The van der Waals surface area contributed by atoms with E-state index in [-0.39, 0.29) is 11.7 Å². The number of morpholine rings is 1. The van der Waals surface area contributed by atoms with Gasteiger partial charge in [0.15, 0.2) is 0 Å². The highest BCUT2D eigenvalue weighted by Gasteiger charge is 2.23. The average molecular weight is 372 g/mol. The van der Waals surface area contributed by atoms with Gasteiger partial charge in [0.1, 0.15) is 5.65 Å². The molecule has 0 N–H and O–H groups in total. The first-order chi connectivity index (χ1) is 12.7. The monoisotopic (exact) mass is 371 g/mol. The maximum Gasteiger partial charge on any atom is 0.257 e. The molecule has 3 aromatic rings. The maximum absolute atomic E-state index is 11.8. The third-order valence-electron chi connectivity index (χ3n) is 4.38. The van der Waals surface area contributed by atoms with Crippen LogP contribution in [0.1, 0.15) is 17.2 Å². The smallest absolute Gasteiger partial charge is 0.257 e. The van der Waals surface area contributed by atoms with Crippen LogP contribution in [-0.2, 0) is 16.2 Å². The van der Waals surface area contributed by atoms with Gasteiger partial charge in [-0.3, -0.25) is 14.0 Å². The molecular formula is C19H18ClN3O3. The Bertz CT molecular complexity index is 975. The first kappa shape index (κ1) is 17.2. The summed E-state index contributed by atoms with van der Waals surface area (Å²) in [5.41, 5.74) is 2.42. The molecule has 7 heteroatoms. The van der Waals surface area contributed by atoms with Crippen molar-refractivity contribution < 1.29 is 9.57 Å². The molecule has 6 nitrogen and oxygen atoms in total. The molecule has 1 unspecified atom stereocenters. The Balaban J connectivity index is 1.46. The number of pyridine rings is 1. The number of hydrogen-bond donors (Lipinski definition) is 0. The maximum atomic E-state index is 11.8. The van der Waals surface area contributed by atoms with Crippen molar-refractivity contribution in [2.75, 3.05) is 19.7 Å². The summed E-state index contributed by atoms with van der Waals surface area (Å²) < 4.78 is 7.40. The molecule has 1 saturated heterocycles. The normalized spacial score (nSPS) is 18.3. The van der Waals surface area contributed by atoms with Crippen molar-refractivity contribution >= 4 is 17.2 Å². The topological polar surface area (TPSA) is 56.1 Å². The van der Waals surface area contributed by atoms with Crippen LogP contribution in [0.15, 0.2) is 59.7 Å². The van der Waals surface area contributed by atoms with Crippen LogP contribution in [0.3, 0.4) is 0 Å². The highest BCUT2D eigenvalue weighted by Crippen LogP contribution is 2.24. The van der Waals surface area contributed by atoms with Gasteiger partial charge in [-0.25, -0.2) is 4.98 Å². The Labute approximate surface area is 155 Å². The van der Waals surface area contributed by atoms with E-state index in [0.717, 1.165) is 11.1 Å². The number of aromatic nitrogens is 2. The van der Waals surface area contributed by atoms with Crippen molar-refractivity contribution in [3.05, 3.63) is 81.4 Å². The van der Waals surface area contributed by atoms with Gasteiger partial charge in [-0.2, -0.15) is 5.06 Å². The van der Waals surface area contributed by atoms with Gasteiger partial charge in [0.05, 0.1) is 25.9 Å². The Morgan fingerprint density at radius 1 is 1.27 bits per heavy atom. The number of rotatable bonds is 4. The van der Waals surface area contributed by atoms with Gasteiger partial charge in [0, 0.05) is 30.0 Å². The van der Waals surface area contributed by atoms with Gasteiger partial charge < -0.3 is 4.74 Å². The molecule has 0 aliphatic carbocycles. The molecule has 1 fully saturated rings. The lowest BCUT2D eigenvalue weighted by molar-refractivity contribution is -0.220. The SMILES string of the molecule is O=c1ccnc2cc(C3CN(OCc4ccccc4Cl)CCO3)ccn12. The van der Waals surface area contributed by atoms with Crippen molar-refractivity contribution in [2.45, 2.75) is 12.7 Å². The highest BCUT2D eigenvalue weighted by atomic mass is 35.5. The van der Waals surface area contributed by atoms with E-state index in [1.165, 1.54) is 16.7 Å². The first-order valence-corrected chi connectivity index (χ1v) is 8.79. The minimum atomic E-state index is -0.142. The second-order valence-corrected chi connectivity index (χ2v) is 6.49. The van der Waals surface area contributed by atoms with Gasteiger partial charge in [-0.15, -0.1) is 0 Å². The summed E-state index contributed by atoms with van der Waals surface area (Å²) in [6.07, 6.45) is 3.10. The largest absolute Gasteiger partial charge is 0.371 e. The number of benzene rings is 1. The van der Waals surface area contributed by atoms with Gasteiger partial charge >= 0.3 is 0 Å². The average Bonchev–Trinajstić information content (AvgIpc) is 2.67. The summed E-state index contributed by atoms with van der Waals surface area (Å²) in [5, 5.41) is 2.59. The predicted octanol–water partition coefficient (Wildman–Crippen LogP) is 2.85. The molecule has 0 spiro atoms. The number of fused-ring (bicyclic) bond motifs is 1. The molecular weight excluding hydrogens is 354 g/mol. The lowest BCUT2D eigenvalue weighted by atomic mass is 10.1. The molecule has 1 aliphatic heterocycles. The van der Waals surface area contributed by atoms with E-state index in [4.69, 9.17) is 21.2 Å². The molecule has 1 aliphatic rings. The Morgan fingerprint density at radius 3 is 3.04 bits per heavy atom. The minimum Gasteiger partial charge on any atom is -0.371 e. The van der Waals surface area contributed by atoms with E-state index >= 15 is 0 Å². The third-order valence-corrected chi connectivity index (χ3v) is 4.75. The second kappa shape index (κ2) is 7.55. The summed E-state index contributed by atoms with van der Waals surface area (Å²) in [6, 6.07) is 12.8. The van der Waals surface area contributed by atoms with Crippen LogP contribution in [-0.4, -0.2) is 34.1 Å². The summed E-state index contributed by atoms with van der Waals surface area (Å²) >= 11 is 6.18. The second-order valence-electron chi connectivity index (χ2n) is 6.08. The lowest BCUT2D eigenvalue weighted by Gasteiger charge is -2.32. The molecule has 134 valence electrons. The molecule has 4 rings (SSSR count). The molecule has 0 saturated carbocycles. The van der Waals surface area contributed by atoms with Crippen LogP contribution < -0.4 is 5.56 Å². The minimum absolute atomic E-state index is 0.101. The van der Waals surface area contributed by atoms with Crippen molar-refractivity contribution in [2.24, 2.45) is 0 Å². The van der Waals surface area contributed by atoms with E-state index in [1.54, 1.807) is 6.20 Å². The number of ether oxygens (including phenoxy) is 1. The first-order valence-electron chi connectivity index (χ1n) is 8.41. The number of halogens is 1. The summed E-state index contributed by atoms with van der Waals surface area (Å²) in [4.78, 5) is 22.0. The zero-order chi connectivity index (χ0) is 17.9. The van der Waals surface area contributed by atoms with Crippen molar-refractivity contribution in [3.8, 4) is 0 Å². The zero-order valence-corrected chi connectivity index (χ0v) is 14.8. The fourth-order valence-corrected chi connectivity index (χ4v) is 3.16. The van der Waals surface area contributed by atoms with Gasteiger partial charge in [0.25, 0.3) is 5.56 Å². The predicted molar refractivity (Wildman–Crippen MR) is 98.0 cm³/mol. The molecule has 1 aromatic carbocycles. The van der Waals surface area contributed by atoms with Crippen LogP contribution in [0, 0.1) is 0 Å². The Kier molecular flexibility index (Phi) is 4.99. The molecule has 1 atom stereocenters. The molecule has 2 aromatic heterocycles. The zero-order valence-electron chi connectivity index (χ0n) is 14.0. The van der Waals surface area contributed by atoms with Gasteiger partial charge in [-0.1, -0.05) is 29.8 Å². The number of hydroxylamine groups is 2. The summed E-state index contributed by atoms with van der Waals surface area (Å²) in [6.45, 7) is 2.26. The van der Waals surface area contributed by atoms with E-state index in [2.05, 4.69) is 4.98 Å². The number of hydrogen-bond acceptors (Lipinski definition) is 5. The van der Waals surface area contributed by atoms with Crippen molar-refractivity contribution in [1.82, 2.24) is 14.4 Å². The van der Waals surface area contributed by atoms with Crippen LogP contribution in [0.2, 0.25) is 5.02 Å². The fourth-order valence-electron chi connectivity index (χ4n) is 2.97. The van der Waals surface area contributed by atoms with E-state index in [9.17, 15) is 4.79 Å². The molecule has 0 bridgehead atoms. The quantitative estimate of drug-likeness (QED) is 0.706. The van der Waals surface area contributed by atoms with E-state index < -0.39 is 0 Å². The molecule has 0 radical (unpaired) electrons. The number of nitrogens with zero attached hydrogens (tertiary/aromatic N) is 3. The highest BCUT2D eigenvalue weighted by molar-refractivity contribution is 6.31. The molecule has 0 amide bonds. The third kappa shape index (κ3) is 3.64. The standard InChI is InChI=1S/C19H18ClN3O3/c20-16-4-2-1-3-15(16)13-26-22-9-10-25-17(12-22)14-6-8-23-18(11-14)21-7-5-19(23)24/h1-8,11,17H,9-10,12-13H2. The Morgan fingerprint density at radius 2 is 2.15 bits per heavy atom. The van der Waals surface area contributed by atoms with Crippen LogP contribution in [0.25, 0.3) is 5.65 Å². The van der Waals surface area contributed by atoms with E-state index in [1.807, 2.05) is 41.5 Å². The van der Waals surface area contributed by atoms with Gasteiger partial charge in [0.2, 0.25) is 0 Å². The lowest BCUT2D eigenvalue weighted by Crippen LogP contribution is -2.38. The van der Waals surface area contributed by atoms with Crippen LogP contribution in [0.4, 0.5) is 0 Å². The molecule has 26 heavy (non-hydrogen) atoms. The summed E-state index contributed by atoms with van der Waals surface area (Å²) in [7, 11) is 0. The van der Waals surface area contributed by atoms with Crippen LogP contribution in [0.5, 0.6) is 0 Å². The van der Waals surface area contributed by atoms with E-state index in [0.29, 0.717) is 37.0 Å². The summed E-state index contributed by atoms with van der Waals surface area (Å²) in [5.74, 6) is 0.